The van der Waals surface area contributed by atoms with Gasteiger partial charge < -0.3 is 9.88 Å². The van der Waals surface area contributed by atoms with Gasteiger partial charge in [-0.25, -0.2) is 0 Å². The van der Waals surface area contributed by atoms with Gasteiger partial charge in [0.25, 0.3) is 11.5 Å². The Bertz CT molecular complexity index is 803. The van der Waals surface area contributed by atoms with Gasteiger partial charge >= 0.3 is 0 Å². The summed E-state index contributed by atoms with van der Waals surface area (Å²) < 4.78 is 0. The highest BCUT2D eigenvalue weighted by Crippen LogP contribution is 2.18. The van der Waals surface area contributed by atoms with E-state index in [4.69, 9.17) is 0 Å². The summed E-state index contributed by atoms with van der Waals surface area (Å²) >= 11 is 0. The van der Waals surface area contributed by atoms with Gasteiger partial charge in [0, 0.05) is 37.6 Å². The Morgan fingerprint density at radius 1 is 1.27 bits per heavy atom. The number of hydrogen-bond donors (Lipinski definition) is 1. The van der Waals surface area contributed by atoms with Gasteiger partial charge in [-0.05, 0) is 57.5 Å². The Kier molecular flexibility index (Phi) is 5.83. The van der Waals surface area contributed by atoms with E-state index in [-0.39, 0.29) is 17.0 Å². The van der Waals surface area contributed by atoms with E-state index in [1.807, 2.05) is 36.2 Å². The van der Waals surface area contributed by atoms with Gasteiger partial charge in [-0.3, -0.25) is 19.5 Å². The molecule has 1 aliphatic heterocycles. The first-order valence-corrected chi connectivity index (χ1v) is 9.14. The molecular weight excluding hydrogens is 328 g/mol. The molecule has 0 unspecified atom stereocenters. The molecule has 1 fully saturated rings. The number of carbonyl (C=O) groups is 1. The molecular formula is C20H26N4O2. The van der Waals surface area contributed by atoms with Crippen LogP contribution in [0.3, 0.4) is 0 Å². The van der Waals surface area contributed by atoms with Crippen LogP contribution >= 0.6 is 0 Å². The standard InChI is InChI=1S/C20H26N4O2/c1-15-8-9-18(19(25)22-15)20(26)24-12-5-7-17(10-13-24)23(2)14-16-6-3-4-11-21-16/h3-4,6,8-9,11,17H,5,7,10,12-14H2,1-2H3,(H,22,25)/t17-/m1/s1. The number of rotatable bonds is 4. The topological polar surface area (TPSA) is 69.3 Å². The molecule has 1 aliphatic rings. The van der Waals surface area contributed by atoms with Crippen molar-refractivity contribution in [2.75, 3.05) is 20.1 Å². The molecule has 0 radical (unpaired) electrons. The zero-order valence-corrected chi connectivity index (χ0v) is 15.4. The second-order valence-corrected chi connectivity index (χ2v) is 7.00. The molecule has 1 saturated heterocycles. The number of pyridine rings is 2. The molecule has 0 bridgehead atoms. The minimum Gasteiger partial charge on any atom is -0.338 e. The molecule has 1 amide bonds. The summed E-state index contributed by atoms with van der Waals surface area (Å²) in [6, 6.07) is 9.77. The number of H-pyrrole nitrogens is 1. The Hall–Kier alpha value is -2.47. The molecule has 26 heavy (non-hydrogen) atoms. The largest absolute Gasteiger partial charge is 0.338 e. The highest BCUT2D eigenvalue weighted by molar-refractivity contribution is 5.93. The van der Waals surface area contributed by atoms with Crippen molar-refractivity contribution in [2.24, 2.45) is 0 Å². The average molecular weight is 354 g/mol. The van der Waals surface area contributed by atoms with Gasteiger partial charge in [0.2, 0.25) is 0 Å². The van der Waals surface area contributed by atoms with Crippen molar-refractivity contribution in [1.82, 2.24) is 19.8 Å². The third kappa shape index (κ3) is 4.38. The SMILES string of the molecule is Cc1ccc(C(=O)N2CCC[C@@H](N(C)Cc3ccccn3)CC2)c(=O)[nH]1. The fraction of sp³-hybridized carbons (Fsp3) is 0.450. The summed E-state index contributed by atoms with van der Waals surface area (Å²) in [5.41, 5.74) is 1.75. The number of amides is 1. The number of hydrogen-bond acceptors (Lipinski definition) is 4. The number of nitrogens with one attached hydrogen (secondary N) is 1. The molecule has 0 spiro atoms. The lowest BCUT2D eigenvalue weighted by atomic mass is 10.1. The molecule has 3 rings (SSSR count). The third-order valence-electron chi connectivity index (χ3n) is 5.03. The first-order chi connectivity index (χ1) is 12.5. The first-order valence-electron chi connectivity index (χ1n) is 9.14. The zero-order valence-electron chi connectivity index (χ0n) is 15.4. The molecule has 1 atom stereocenters. The maximum absolute atomic E-state index is 12.7. The number of carbonyl (C=O) groups excluding carboxylic acids is 1. The van der Waals surface area contributed by atoms with Gasteiger partial charge in [-0.1, -0.05) is 6.07 Å². The van der Waals surface area contributed by atoms with Crippen molar-refractivity contribution in [1.29, 1.82) is 0 Å². The van der Waals surface area contributed by atoms with E-state index in [1.54, 1.807) is 12.1 Å². The Balaban J connectivity index is 1.62. The minimum atomic E-state index is -0.303. The molecule has 2 aromatic rings. The van der Waals surface area contributed by atoms with Crippen LogP contribution in [0.5, 0.6) is 0 Å². The Morgan fingerprint density at radius 3 is 2.85 bits per heavy atom. The van der Waals surface area contributed by atoms with E-state index in [1.165, 1.54) is 0 Å². The van der Waals surface area contributed by atoms with Gasteiger partial charge in [-0.15, -0.1) is 0 Å². The van der Waals surface area contributed by atoms with Gasteiger partial charge in [0.1, 0.15) is 5.56 Å². The molecule has 0 aliphatic carbocycles. The van der Waals surface area contributed by atoms with Crippen LogP contribution in [-0.4, -0.2) is 51.9 Å². The van der Waals surface area contributed by atoms with Crippen LogP contribution in [0.2, 0.25) is 0 Å². The van der Waals surface area contributed by atoms with Crippen LogP contribution in [0.1, 0.15) is 41.0 Å². The summed E-state index contributed by atoms with van der Waals surface area (Å²) in [6.07, 6.45) is 4.69. The summed E-state index contributed by atoms with van der Waals surface area (Å²) in [7, 11) is 2.11. The van der Waals surface area contributed by atoms with Gasteiger partial charge in [-0.2, -0.15) is 0 Å². The number of likely N-dealkylation sites (tertiary alicyclic amines) is 1. The lowest BCUT2D eigenvalue weighted by Crippen LogP contribution is -2.37. The Morgan fingerprint density at radius 2 is 2.12 bits per heavy atom. The van der Waals surface area contributed by atoms with Crippen molar-refractivity contribution in [3.05, 3.63) is 63.8 Å². The quantitative estimate of drug-likeness (QED) is 0.914. The normalized spacial score (nSPS) is 18.0. The average Bonchev–Trinajstić information content (AvgIpc) is 2.88. The summed E-state index contributed by atoms with van der Waals surface area (Å²) in [5.74, 6) is -0.167. The maximum Gasteiger partial charge on any atom is 0.260 e. The number of aromatic nitrogens is 2. The Labute approximate surface area is 153 Å². The highest BCUT2D eigenvalue weighted by atomic mass is 16.2. The van der Waals surface area contributed by atoms with E-state index >= 15 is 0 Å². The number of nitrogens with zero attached hydrogens (tertiary/aromatic N) is 3. The predicted octanol–water partition coefficient (Wildman–Crippen LogP) is 2.21. The van der Waals surface area contributed by atoms with Gasteiger partial charge in [0.05, 0.1) is 5.69 Å². The second-order valence-electron chi connectivity index (χ2n) is 7.00. The van der Waals surface area contributed by atoms with Crippen LogP contribution in [0.15, 0.2) is 41.3 Å². The van der Waals surface area contributed by atoms with Crippen molar-refractivity contribution >= 4 is 5.91 Å². The van der Waals surface area contributed by atoms with E-state index in [0.29, 0.717) is 19.1 Å². The molecule has 6 nitrogen and oxygen atoms in total. The summed E-state index contributed by atoms with van der Waals surface area (Å²) in [5, 5.41) is 0. The van der Waals surface area contributed by atoms with E-state index in [0.717, 1.165) is 37.2 Å². The zero-order chi connectivity index (χ0) is 18.5. The van der Waals surface area contributed by atoms with Crippen LogP contribution in [0.25, 0.3) is 0 Å². The third-order valence-corrected chi connectivity index (χ3v) is 5.03. The second kappa shape index (κ2) is 8.27. The highest BCUT2D eigenvalue weighted by Gasteiger charge is 2.25. The van der Waals surface area contributed by atoms with Crippen molar-refractivity contribution in [2.45, 2.75) is 38.8 Å². The monoisotopic (exact) mass is 354 g/mol. The molecule has 2 aromatic heterocycles. The van der Waals surface area contributed by atoms with Crippen molar-refractivity contribution in [3.8, 4) is 0 Å². The molecule has 138 valence electrons. The van der Waals surface area contributed by atoms with E-state index in [2.05, 4.69) is 21.9 Å². The molecule has 0 saturated carbocycles. The summed E-state index contributed by atoms with van der Waals surface area (Å²) in [4.78, 5) is 36.0. The first kappa shape index (κ1) is 18.3. The molecule has 1 N–H and O–H groups in total. The number of aromatic amines is 1. The molecule has 6 heteroatoms. The summed E-state index contributed by atoms with van der Waals surface area (Å²) in [6.45, 7) is 3.98. The lowest BCUT2D eigenvalue weighted by molar-refractivity contribution is 0.0755. The lowest BCUT2D eigenvalue weighted by Gasteiger charge is -2.27. The van der Waals surface area contributed by atoms with Gasteiger partial charge in [0.15, 0.2) is 0 Å². The fourth-order valence-electron chi connectivity index (χ4n) is 3.51. The van der Waals surface area contributed by atoms with Crippen LogP contribution in [0, 0.1) is 6.92 Å². The minimum absolute atomic E-state index is 0.167. The predicted molar refractivity (Wildman–Crippen MR) is 101 cm³/mol. The smallest absolute Gasteiger partial charge is 0.260 e. The maximum atomic E-state index is 12.7. The van der Waals surface area contributed by atoms with E-state index in [9.17, 15) is 9.59 Å². The van der Waals surface area contributed by atoms with E-state index < -0.39 is 0 Å². The van der Waals surface area contributed by atoms with Crippen molar-refractivity contribution in [3.63, 3.8) is 0 Å². The fourth-order valence-corrected chi connectivity index (χ4v) is 3.51. The van der Waals surface area contributed by atoms with Crippen molar-refractivity contribution < 1.29 is 4.79 Å². The number of aryl methyl sites for hydroxylation is 1. The molecule has 3 heterocycles. The van der Waals surface area contributed by atoms with Crippen LogP contribution in [-0.2, 0) is 6.54 Å². The molecule has 0 aromatic carbocycles. The van der Waals surface area contributed by atoms with Crippen LogP contribution in [0.4, 0.5) is 0 Å². The van der Waals surface area contributed by atoms with Crippen LogP contribution < -0.4 is 5.56 Å².